The van der Waals surface area contributed by atoms with Gasteiger partial charge in [-0.3, -0.25) is 4.79 Å². The van der Waals surface area contributed by atoms with E-state index in [0.29, 0.717) is 16.3 Å². The van der Waals surface area contributed by atoms with Crippen molar-refractivity contribution < 1.29 is 0 Å². The van der Waals surface area contributed by atoms with Crippen molar-refractivity contribution in [2.24, 2.45) is 0 Å². The molecule has 1 aromatic carbocycles. The summed E-state index contributed by atoms with van der Waals surface area (Å²) in [6.07, 6.45) is 2.35. The van der Waals surface area contributed by atoms with E-state index in [2.05, 4.69) is 4.98 Å². The summed E-state index contributed by atoms with van der Waals surface area (Å²) in [6, 6.07) is 7.11. The van der Waals surface area contributed by atoms with Gasteiger partial charge in [-0.05, 0) is 30.9 Å². The van der Waals surface area contributed by atoms with Crippen LogP contribution in [0.25, 0.3) is 10.9 Å². The molecule has 0 amide bonds. The van der Waals surface area contributed by atoms with Gasteiger partial charge in [0, 0.05) is 17.1 Å². The smallest absolute Gasteiger partial charge is 0.189 e. The number of pyridine rings is 1. The molecule has 1 N–H and O–H groups in total. The molecule has 15 heavy (non-hydrogen) atoms. The predicted molar refractivity (Wildman–Crippen MR) is 61.6 cm³/mol. The van der Waals surface area contributed by atoms with Gasteiger partial charge in [0.2, 0.25) is 0 Å². The average molecular weight is 220 g/mol. The fourth-order valence-corrected chi connectivity index (χ4v) is 2.09. The number of H-pyrrole nitrogens is 1. The lowest BCUT2D eigenvalue weighted by Gasteiger charge is -2.03. The van der Waals surface area contributed by atoms with Crippen LogP contribution in [-0.2, 0) is 0 Å². The second kappa shape index (κ2) is 3.11. The Morgan fingerprint density at radius 2 is 2.13 bits per heavy atom. The lowest BCUT2D eigenvalue weighted by atomic mass is 10.1. The summed E-state index contributed by atoms with van der Waals surface area (Å²) < 4.78 is 0. The molecule has 0 spiro atoms. The number of hydrogen-bond donors (Lipinski definition) is 1. The molecule has 76 valence electrons. The minimum absolute atomic E-state index is 0.0631. The van der Waals surface area contributed by atoms with Crippen molar-refractivity contribution in [3.05, 3.63) is 45.2 Å². The highest BCUT2D eigenvalue weighted by atomic mass is 35.5. The van der Waals surface area contributed by atoms with E-state index in [0.717, 1.165) is 11.2 Å². The molecule has 0 aliphatic heterocycles. The molecular formula is C12H10ClNO. The van der Waals surface area contributed by atoms with E-state index in [4.69, 9.17) is 11.6 Å². The van der Waals surface area contributed by atoms with Crippen LogP contribution >= 0.6 is 11.6 Å². The van der Waals surface area contributed by atoms with Crippen LogP contribution in [0, 0.1) is 0 Å². The first kappa shape index (κ1) is 8.98. The summed E-state index contributed by atoms with van der Waals surface area (Å²) in [6.45, 7) is 0. The number of fused-ring (bicyclic) bond motifs is 1. The van der Waals surface area contributed by atoms with E-state index in [1.807, 2.05) is 0 Å². The molecule has 0 saturated heterocycles. The Morgan fingerprint density at radius 1 is 1.33 bits per heavy atom. The number of benzene rings is 1. The van der Waals surface area contributed by atoms with Crippen LogP contribution in [0.5, 0.6) is 0 Å². The van der Waals surface area contributed by atoms with Crippen molar-refractivity contribution in [2.45, 2.75) is 18.8 Å². The summed E-state index contributed by atoms with van der Waals surface area (Å²) in [7, 11) is 0. The predicted octanol–water partition coefficient (Wildman–Crippen LogP) is 3.06. The van der Waals surface area contributed by atoms with Gasteiger partial charge >= 0.3 is 0 Å². The Kier molecular flexibility index (Phi) is 1.86. The molecule has 0 unspecified atom stereocenters. The minimum Gasteiger partial charge on any atom is -0.357 e. The molecule has 2 aromatic rings. The molecule has 1 fully saturated rings. The maximum absolute atomic E-state index is 11.8. The van der Waals surface area contributed by atoms with Gasteiger partial charge in [-0.2, -0.15) is 0 Å². The van der Waals surface area contributed by atoms with Gasteiger partial charge in [-0.1, -0.05) is 17.7 Å². The molecule has 2 nitrogen and oxygen atoms in total. The zero-order valence-corrected chi connectivity index (χ0v) is 8.84. The first-order valence-electron chi connectivity index (χ1n) is 5.07. The van der Waals surface area contributed by atoms with Crippen molar-refractivity contribution in [3.63, 3.8) is 0 Å². The third kappa shape index (κ3) is 1.45. The summed E-state index contributed by atoms with van der Waals surface area (Å²) in [5.74, 6) is 0.540. The lowest BCUT2D eigenvalue weighted by Crippen LogP contribution is -2.04. The van der Waals surface area contributed by atoms with Gasteiger partial charge in [-0.25, -0.2) is 0 Å². The average Bonchev–Trinajstić information content (AvgIpc) is 3.02. The van der Waals surface area contributed by atoms with E-state index < -0.39 is 0 Å². The molecule has 1 aliphatic carbocycles. The zero-order valence-electron chi connectivity index (χ0n) is 8.09. The van der Waals surface area contributed by atoms with Gasteiger partial charge in [-0.15, -0.1) is 0 Å². The third-order valence-corrected chi connectivity index (χ3v) is 3.17. The highest BCUT2D eigenvalue weighted by Gasteiger charge is 2.25. The monoisotopic (exact) mass is 219 g/mol. The molecule has 0 atom stereocenters. The van der Waals surface area contributed by atoms with Crippen LogP contribution in [0.1, 0.15) is 24.5 Å². The quantitative estimate of drug-likeness (QED) is 0.786. The second-order valence-electron chi connectivity index (χ2n) is 4.03. The van der Waals surface area contributed by atoms with Crippen LogP contribution in [-0.4, -0.2) is 4.98 Å². The van der Waals surface area contributed by atoms with E-state index in [1.165, 1.54) is 12.8 Å². The molecule has 0 radical (unpaired) electrons. The molecule has 1 heterocycles. The number of hydrogen-bond acceptors (Lipinski definition) is 1. The van der Waals surface area contributed by atoms with Crippen LogP contribution in [0.4, 0.5) is 0 Å². The Labute approximate surface area is 91.9 Å². The lowest BCUT2D eigenvalue weighted by molar-refractivity contribution is 1.04. The number of halogens is 1. The first-order valence-corrected chi connectivity index (χ1v) is 5.45. The number of aromatic nitrogens is 1. The number of aromatic amines is 1. The Balaban J connectivity index is 2.37. The zero-order chi connectivity index (χ0) is 10.4. The summed E-state index contributed by atoms with van der Waals surface area (Å²) in [5, 5.41) is 1.29. The molecule has 1 saturated carbocycles. The second-order valence-corrected chi connectivity index (χ2v) is 4.43. The van der Waals surface area contributed by atoms with E-state index >= 15 is 0 Å². The maximum atomic E-state index is 11.8. The van der Waals surface area contributed by atoms with Gasteiger partial charge < -0.3 is 4.98 Å². The standard InChI is InChI=1S/C12H10ClNO/c13-9-3-1-2-8-11(15)6-10(7-4-5-7)14-12(8)9/h1-3,6-7H,4-5H2,(H,14,15). The fraction of sp³-hybridized carbons (Fsp3) is 0.250. The molecular weight excluding hydrogens is 210 g/mol. The number of para-hydroxylation sites is 1. The minimum atomic E-state index is 0.0631. The van der Waals surface area contributed by atoms with Crippen molar-refractivity contribution in [1.29, 1.82) is 0 Å². The summed E-state index contributed by atoms with van der Waals surface area (Å²) in [5.41, 5.74) is 1.86. The topological polar surface area (TPSA) is 32.9 Å². The Hall–Kier alpha value is -1.28. The van der Waals surface area contributed by atoms with E-state index in [-0.39, 0.29) is 5.43 Å². The van der Waals surface area contributed by atoms with Gasteiger partial charge in [0.15, 0.2) is 5.43 Å². The summed E-state index contributed by atoms with van der Waals surface area (Å²) in [4.78, 5) is 15.1. The van der Waals surface area contributed by atoms with Crippen molar-refractivity contribution in [3.8, 4) is 0 Å². The molecule has 0 bridgehead atoms. The van der Waals surface area contributed by atoms with Crippen LogP contribution < -0.4 is 5.43 Å². The van der Waals surface area contributed by atoms with E-state index in [9.17, 15) is 4.79 Å². The first-order chi connectivity index (χ1) is 7.25. The third-order valence-electron chi connectivity index (χ3n) is 2.85. The van der Waals surface area contributed by atoms with Crippen molar-refractivity contribution >= 4 is 22.5 Å². The van der Waals surface area contributed by atoms with Gasteiger partial charge in [0.25, 0.3) is 0 Å². The number of nitrogens with one attached hydrogen (secondary N) is 1. The highest BCUT2D eigenvalue weighted by Crippen LogP contribution is 2.39. The van der Waals surface area contributed by atoms with Gasteiger partial charge in [0.05, 0.1) is 10.5 Å². The van der Waals surface area contributed by atoms with Crippen molar-refractivity contribution in [1.82, 2.24) is 4.98 Å². The normalized spacial score (nSPS) is 15.8. The molecule has 3 rings (SSSR count). The van der Waals surface area contributed by atoms with E-state index in [1.54, 1.807) is 24.3 Å². The van der Waals surface area contributed by atoms with Crippen LogP contribution in [0.3, 0.4) is 0 Å². The highest BCUT2D eigenvalue weighted by molar-refractivity contribution is 6.35. The largest absolute Gasteiger partial charge is 0.357 e. The number of rotatable bonds is 1. The fourth-order valence-electron chi connectivity index (χ4n) is 1.87. The van der Waals surface area contributed by atoms with Crippen molar-refractivity contribution in [2.75, 3.05) is 0 Å². The Morgan fingerprint density at radius 3 is 2.87 bits per heavy atom. The maximum Gasteiger partial charge on any atom is 0.189 e. The molecule has 1 aromatic heterocycles. The van der Waals surface area contributed by atoms with Crippen LogP contribution in [0.2, 0.25) is 5.02 Å². The summed E-state index contributed by atoms with van der Waals surface area (Å²) >= 11 is 6.06. The van der Waals surface area contributed by atoms with Gasteiger partial charge in [0.1, 0.15) is 0 Å². The molecule has 3 heteroatoms. The Bertz CT molecular complexity index is 584. The SMILES string of the molecule is O=c1cc(C2CC2)[nH]c2c(Cl)cccc12. The molecule has 1 aliphatic rings. The van der Waals surface area contributed by atoms with Crippen LogP contribution in [0.15, 0.2) is 29.1 Å².